The Labute approximate surface area is 235 Å². The van der Waals surface area contributed by atoms with Crippen molar-refractivity contribution in [2.75, 3.05) is 45.6 Å². The average Bonchev–Trinajstić information content (AvgIpc) is 3.36. The summed E-state index contributed by atoms with van der Waals surface area (Å²) in [7, 11) is 7.71. The molecule has 11 heteroatoms. The molecule has 0 fully saturated rings. The number of rotatable bonds is 9. The smallest absolute Gasteiger partial charge is 0.349 e. The van der Waals surface area contributed by atoms with E-state index in [2.05, 4.69) is 28.4 Å². The van der Waals surface area contributed by atoms with Gasteiger partial charge in [0.25, 0.3) is 0 Å². The highest BCUT2D eigenvalue weighted by atomic mass is 32.1. The summed E-state index contributed by atoms with van der Waals surface area (Å²) in [5.41, 5.74) is 4.21. The maximum absolute atomic E-state index is 15.1. The number of nitrogens with zero attached hydrogens (tertiary/aromatic N) is 2. The summed E-state index contributed by atoms with van der Waals surface area (Å²) in [6.45, 7) is 1.31. The predicted molar refractivity (Wildman–Crippen MR) is 151 cm³/mol. The van der Waals surface area contributed by atoms with E-state index in [-0.39, 0.29) is 28.1 Å². The number of nitrogens with one attached hydrogen (secondary N) is 1. The Morgan fingerprint density at radius 1 is 1.10 bits per heavy atom. The molecule has 0 radical (unpaired) electrons. The molecule has 210 valence electrons. The minimum Gasteiger partial charge on any atom is -0.494 e. The number of carbonyl (C=O) groups is 3. The van der Waals surface area contributed by atoms with E-state index in [1.54, 1.807) is 6.07 Å². The molecule has 0 unspecified atom stereocenters. The fraction of sp³-hybridized carbons (Fsp3) is 0.276. The van der Waals surface area contributed by atoms with Crippen LogP contribution in [0, 0.1) is 5.82 Å². The van der Waals surface area contributed by atoms with Crippen molar-refractivity contribution in [1.82, 2.24) is 4.90 Å². The first-order valence-electron chi connectivity index (χ1n) is 12.3. The predicted octanol–water partition coefficient (Wildman–Crippen LogP) is 4.70. The standard InChI is InChI=1S/C29H30FN3O6S/c1-32-10-9-17-7-6-8-18(20(17)15-32)14-33(2)23-11-19(21(30)13-24(23)37-3)12-25(34)31-22-16-40-27(29(36)39-5)26(22)28(35)38-4/h6-11,13,16H,12,14-15H2,1-5H3,(H,31,34). The normalized spacial score (nSPS) is 12.0. The zero-order valence-corrected chi connectivity index (χ0v) is 23.7. The third kappa shape index (κ3) is 5.94. The summed E-state index contributed by atoms with van der Waals surface area (Å²) in [5.74, 6) is -2.39. The molecule has 0 spiro atoms. The molecule has 1 N–H and O–H groups in total. The minimum absolute atomic E-state index is 0.00558. The van der Waals surface area contributed by atoms with Crippen molar-refractivity contribution in [3.63, 3.8) is 0 Å². The number of hydrogen-bond donors (Lipinski definition) is 1. The van der Waals surface area contributed by atoms with Gasteiger partial charge in [-0.25, -0.2) is 14.0 Å². The molecule has 0 aliphatic carbocycles. The second-order valence-corrected chi connectivity index (χ2v) is 10.1. The Morgan fingerprint density at radius 3 is 2.55 bits per heavy atom. The Morgan fingerprint density at radius 2 is 1.85 bits per heavy atom. The summed E-state index contributed by atoms with van der Waals surface area (Å²) in [5, 5.41) is 4.03. The van der Waals surface area contributed by atoms with E-state index in [9.17, 15) is 14.4 Å². The van der Waals surface area contributed by atoms with Gasteiger partial charge in [-0.3, -0.25) is 4.79 Å². The molecular formula is C29H30FN3O6S. The molecule has 9 nitrogen and oxygen atoms in total. The number of carbonyl (C=O) groups excluding carboxylic acids is 3. The zero-order valence-electron chi connectivity index (χ0n) is 22.9. The topological polar surface area (TPSA) is 97.4 Å². The summed E-state index contributed by atoms with van der Waals surface area (Å²) in [6, 6.07) is 8.99. The molecule has 3 aromatic rings. The van der Waals surface area contributed by atoms with Crippen LogP contribution in [0.5, 0.6) is 5.75 Å². The Kier molecular flexibility index (Phi) is 8.73. The van der Waals surface area contributed by atoms with E-state index >= 15 is 4.39 Å². The van der Waals surface area contributed by atoms with Gasteiger partial charge in [-0.1, -0.05) is 18.2 Å². The summed E-state index contributed by atoms with van der Waals surface area (Å²) < 4.78 is 30.0. The van der Waals surface area contributed by atoms with Crippen molar-refractivity contribution in [3.8, 4) is 5.75 Å². The highest BCUT2D eigenvalue weighted by molar-refractivity contribution is 7.13. The number of anilines is 2. The van der Waals surface area contributed by atoms with Gasteiger partial charge in [0.05, 0.1) is 39.1 Å². The SMILES string of the molecule is COC(=O)c1scc(NC(=O)Cc2cc(N(C)Cc3cccc4c3CN(C)C=C4)c(OC)cc2F)c1C(=O)OC. The molecule has 1 aliphatic heterocycles. The van der Waals surface area contributed by atoms with Gasteiger partial charge in [-0.15, -0.1) is 11.3 Å². The number of thiophene rings is 1. The maximum Gasteiger partial charge on any atom is 0.349 e. The van der Waals surface area contributed by atoms with Gasteiger partial charge in [-0.05, 0) is 40.6 Å². The lowest BCUT2D eigenvalue weighted by Crippen LogP contribution is -2.22. The number of amides is 1. The fourth-order valence-corrected chi connectivity index (χ4v) is 5.45. The van der Waals surface area contributed by atoms with Crippen LogP contribution in [0.3, 0.4) is 0 Å². The van der Waals surface area contributed by atoms with Gasteiger partial charge < -0.3 is 29.3 Å². The number of benzene rings is 2. The molecule has 2 aromatic carbocycles. The number of hydrogen-bond acceptors (Lipinski definition) is 9. The zero-order chi connectivity index (χ0) is 29.0. The van der Waals surface area contributed by atoms with E-state index in [4.69, 9.17) is 14.2 Å². The highest BCUT2D eigenvalue weighted by Gasteiger charge is 2.26. The number of esters is 2. The molecule has 0 atom stereocenters. The molecule has 0 bridgehead atoms. The molecule has 1 aliphatic rings. The van der Waals surface area contributed by atoms with E-state index in [0.717, 1.165) is 36.1 Å². The second-order valence-electron chi connectivity index (χ2n) is 9.25. The lowest BCUT2D eigenvalue weighted by atomic mass is 9.97. The molecule has 0 saturated carbocycles. The number of halogens is 1. The molecule has 1 aromatic heterocycles. The first-order chi connectivity index (χ1) is 19.2. The number of ether oxygens (including phenoxy) is 3. The van der Waals surface area contributed by atoms with Gasteiger partial charge in [0.2, 0.25) is 5.91 Å². The van der Waals surface area contributed by atoms with E-state index in [1.807, 2.05) is 31.3 Å². The highest BCUT2D eigenvalue weighted by Crippen LogP contribution is 2.34. The van der Waals surface area contributed by atoms with Crippen molar-refractivity contribution in [2.45, 2.75) is 19.5 Å². The van der Waals surface area contributed by atoms with Gasteiger partial charge >= 0.3 is 11.9 Å². The summed E-state index contributed by atoms with van der Waals surface area (Å²) in [4.78, 5) is 41.4. The first-order valence-corrected chi connectivity index (χ1v) is 13.2. The number of fused-ring (bicyclic) bond motifs is 1. The van der Waals surface area contributed by atoms with Crippen molar-refractivity contribution in [2.24, 2.45) is 0 Å². The quantitative estimate of drug-likeness (QED) is 0.372. The van der Waals surface area contributed by atoms with Crippen LogP contribution in [0.15, 0.2) is 41.9 Å². The lowest BCUT2D eigenvalue weighted by molar-refractivity contribution is -0.115. The lowest BCUT2D eigenvalue weighted by Gasteiger charge is -2.27. The van der Waals surface area contributed by atoms with Crippen LogP contribution in [0.25, 0.3) is 6.08 Å². The van der Waals surface area contributed by atoms with E-state index < -0.39 is 23.7 Å². The van der Waals surface area contributed by atoms with Crippen LogP contribution in [0.2, 0.25) is 0 Å². The van der Waals surface area contributed by atoms with Crippen LogP contribution in [0.4, 0.5) is 15.8 Å². The summed E-state index contributed by atoms with van der Waals surface area (Å²) in [6.07, 6.45) is 3.79. The third-order valence-corrected chi connectivity index (χ3v) is 7.53. The molecule has 1 amide bonds. The van der Waals surface area contributed by atoms with Gasteiger partial charge in [0, 0.05) is 38.6 Å². The molecule has 2 heterocycles. The monoisotopic (exact) mass is 567 g/mol. The largest absolute Gasteiger partial charge is 0.494 e. The Hall–Kier alpha value is -4.38. The van der Waals surface area contributed by atoms with E-state index in [0.29, 0.717) is 18.0 Å². The van der Waals surface area contributed by atoms with Crippen molar-refractivity contribution >= 4 is 46.6 Å². The fourth-order valence-electron chi connectivity index (χ4n) is 4.55. The second kappa shape index (κ2) is 12.2. The van der Waals surface area contributed by atoms with Crippen LogP contribution < -0.4 is 15.0 Å². The Bertz CT molecular complexity index is 1480. The van der Waals surface area contributed by atoms with Crippen molar-refractivity contribution < 1.29 is 33.0 Å². The van der Waals surface area contributed by atoms with Gasteiger partial charge in [0.15, 0.2) is 0 Å². The van der Waals surface area contributed by atoms with E-state index in [1.165, 1.54) is 31.2 Å². The van der Waals surface area contributed by atoms with Gasteiger partial charge in [-0.2, -0.15) is 0 Å². The minimum atomic E-state index is -0.804. The Balaban J connectivity index is 1.58. The van der Waals surface area contributed by atoms with Crippen molar-refractivity contribution in [3.05, 3.63) is 80.4 Å². The third-order valence-electron chi connectivity index (χ3n) is 6.57. The van der Waals surface area contributed by atoms with Gasteiger partial charge in [0.1, 0.15) is 22.0 Å². The first kappa shape index (κ1) is 28.6. The molecular weight excluding hydrogens is 537 g/mol. The maximum atomic E-state index is 15.1. The van der Waals surface area contributed by atoms with Crippen LogP contribution in [0.1, 0.15) is 42.3 Å². The van der Waals surface area contributed by atoms with Crippen LogP contribution >= 0.6 is 11.3 Å². The van der Waals surface area contributed by atoms with Crippen molar-refractivity contribution in [1.29, 1.82) is 0 Å². The van der Waals surface area contributed by atoms with Crippen LogP contribution in [-0.2, 0) is 33.8 Å². The summed E-state index contributed by atoms with van der Waals surface area (Å²) >= 11 is 0.931. The average molecular weight is 568 g/mol. The number of methoxy groups -OCH3 is 3. The molecule has 0 saturated heterocycles. The van der Waals surface area contributed by atoms with Crippen LogP contribution in [-0.4, -0.2) is 58.2 Å². The molecule has 4 rings (SSSR count). The molecule has 40 heavy (non-hydrogen) atoms.